The Balaban J connectivity index is 2.44. The molecule has 0 saturated heterocycles. The van der Waals surface area contributed by atoms with Gasteiger partial charge >= 0.3 is 0 Å². The van der Waals surface area contributed by atoms with Crippen molar-refractivity contribution in [2.45, 2.75) is 0 Å². The molecular formula is C8H7IN2O. The molecule has 0 unspecified atom stereocenters. The first-order valence-electron chi connectivity index (χ1n) is 3.59. The molecule has 0 bridgehead atoms. The van der Waals surface area contributed by atoms with Crippen molar-refractivity contribution in [3.05, 3.63) is 21.8 Å². The Hall–Kier alpha value is -0.780. The summed E-state index contributed by atoms with van der Waals surface area (Å²) < 4.78 is 1.12. The summed E-state index contributed by atoms with van der Waals surface area (Å²) in [4.78, 5) is 11.0. The van der Waals surface area contributed by atoms with Gasteiger partial charge in [0.1, 0.15) is 0 Å². The number of hydrogen-bond donors (Lipinski definition) is 2. The van der Waals surface area contributed by atoms with Gasteiger partial charge < -0.3 is 10.6 Å². The third-order valence-corrected chi connectivity index (χ3v) is 2.37. The highest BCUT2D eigenvalue weighted by molar-refractivity contribution is 14.1. The molecule has 2 N–H and O–H groups in total. The topological polar surface area (TPSA) is 41.1 Å². The maximum atomic E-state index is 11.0. The molecule has 1 amide bonds. The molecule has 1 heterocycles. The number of nitrogens with one attached hydrogen (secondary N) is 2. The van der Waals surface area contributed by atoms with Crippen molar-refractivity contribution in [2.24, 2.45) is 0 Å². The molecule has 0 atom stereocenters. The van der Waals surface area contributed by atoms with Crippen molar-refractivity contribution >= 4 is 39.9 Å². The summed E-state index contributed by atoms with van der Waals surface area (Å²) in [5.41, 5.74) is 1.87. The van der Waals surface area contributed by atoms with Gasteiger partial charge in [0.25, 0.3) is 0 Å². The Morgan fingerprint density at radius 1 is 1.33 bits per heavy atom. The van der Waals surface area contributed by atoms with Crippen molar-refractivity contribution in [1.82, 2.24) is 0 Å². The molecule has 12 heavy (non-hydrogen) atoms. The summed E-state index contributed by atoms with van der Waals surface area (Å²) in [6.45, 7) is 0.369. The van der Waals surface area contributed by atoms with Crippen LogP contribution >= 0.6 is 22.6 Å². The molecule has 3 nitrogen and oxygen atoms in total. The van der Waals surface area contributed by atoms with Crippen LogP contribution in [-0.2, 0) is 4.79 Å². The molecule has 1 aromatic rings. The van der Waals surface area contributed by atoms with Crippen LogP contribution < -0.4 is 10.6 Å². The first-order valence-corrected chi connectivity index (χ1v) is 4.67. The van der Waals surface area contributed by atoms with Crippen molar-refractivity contribution in [2.75, 3.05) is 17.2 Å². The molecule has 1 aliphatic rings. The Morgan fingerprint density at radius 3 is 3.00 bits per heavy atom. The van der Waals surface area contributed by atoms with E-state index in [9.17, 15) is 4.79 Å². The van der Waals surface area contributed by atoms with E-state index in [4.69, 9.17) is 0 Å². The van der Waals surface area contributed by atoms with E-state index in [1.54, 1.807) is 0 Å². The first-order chi connectivity index (χ1) is 5.75. The summed E-state index contributed by atoms with van der Waals surface area (Å²) in [7, 11) is 0. The van der Waals surface area contributed by atoms with Crippen LogP contribution in [0.4, 0.5) is 11.4 Å². The summed E-state index contributed by atoms with van der Waals surface area (Å²) >= 11 is 2.21. The summed E-state index contributed by atoms with van der Waals surface area (Å²) in [6, 6.07) is 5.92. The molecule has 0 radical (unpaired) electrons. The van der Waals surface area contributed by atoms with Crippen molar-refractivity contribution in [3.63, 3.8) is 0 Å². The predicted octanol–water partition coefficient (Wildman–Crippen LogP) is 1.66. The van der Waals surface area contributed by atoms with Gasteiger partial charge in [-0.2, -0.15) is 0 Å². The highest BCUT2D eigenvalue weighted by atomic mass is 127. The maximum Gasteiger partial charge on any atom is 0.243 e. The lowest BCUT2D eigenvalue weighted by atomic mass is 10.2. The fourth-order valence-electron chi connectivity index (χ4n) is 1.14. The van der Waals surface area contributed by atoms with Crippen LogP contribution in [0.15, 0.2) is 18.2 Å². The monoisotopic (exact) mass is 274 g/mol. The van der Waals surface area contributed by atoms with Gasteiger partial charge in [-0.15, -0.1) is 0 Å². The summed E-state index contributed by atoms with van der Waals surface area (Å²) in [5, 5.41) is 5.82. The van der Waals surface area contributed by atoms with E-state index < -0.39 is 0 Å². The second kappa shape index (κ2) is 2.93. The summed E-state index contributed by atoms with van der Waals surface area (Å²) in [5.74, 6) is 0.0181. The van der Waals surface area contributed by atoms with Gasteiger partial charge in [-0.05, 0) is 40.8 Å². The molecule has 0 spiro atoms. The molecule has 2 rings (SSSR count). The van der Waals surface area contributed by atoms with Crippen LogP contribution in [0.5, 0.6) is 0 Å². The predicted molar refractivity (Wildman–Crippen MR) is 56.3 cm³/mol. The lowest BCUT2D eigenvalue weighted by Gasteiger charge is -2.18. The van der Waals surface area contributed by atoms with E-state index >= 15 is 0 Å². The Bertz CT molecular complexity index is 338. The van der Waals surface area contributed by atoms with E-state index in [1.165, 1.54) is 0 Å². The number of rotatable bonds is 0. The van der Waals surface area contributed by atoms with Crippen molar-refractivity contribution in [1.29, 1.82) is 0 Å². The maximum absolute atomic E-state index is 11.0. The SMILES string of the molecule is O=C1CNc2ccc(I)cc2N1. The Labute approximate surface area is 83.7 Å². The zero-order chi connectivity index (χ0) is 8.55. The lowest BCUT2D eigenvalue weighted by Crippen LogP contribution is -2.27. The number of carbonyl (C=O) groups is 1. The number of carbonyl (C=O) groups excluding carboxylic acids is 1. The number of halogens is 1. The summed E-state index contributed by atoms with van der Waals surface area (Å²) in [6.07, 6.45) is 0. The molecule has 62 valence electrons. The molecule has 1 aromatic carbocycles. The van der Waals surface area contributed by atoms with E-state index in [1.807, 2.05) is 18.2 Å². The normalized spacial score (nSPS) is 14.6. The molecule has 1 aliphatic heterocycles. The van der Waals surface area contributed by atoms with Crippen LogP contribution in [0.25, 0.3) is 0 Å². The number of amides is 1. The standard InChI is InChI=1S/C8H7IN2O/c9-5-1-2-6-7(3-5)11-8(12)4-10-6/h1-3,10H,4H2,(H,11,12). The molecular weight excluding hydrogens is 267 g/mol. The fourth-order valence-corrected chi connectivity index (χ4v) is 1.64. The number of anilines is 2. The van der Waals surface area contributed by atoms with Gasteiger partial charge in [-0.1, -0.05) is 0 Å². The average molecular weight is 274 g/mol. The molecule has 0 aromatic heterocycles. The Morgan fingerprint density at radius 2 is 2.17 bits per heavy atom. The minimum atomic E-state index is 0.0181. The van der Waals surface area contributed by atoms with Crippen LogP contribution in [0, 0.1) is 3.57 Å². The van der Waals surface area contributed by atoms with Gasteiger partial charge in [0, 0.05) is 3.57 Å². The van der Waals surface area contributed by atoms with Crippen LogP contribution in [0.1, 0.15) is 0 Å². The second-order valence-electron chi connectivity index (χ2n) is 2.59. The molecule has 0 saturated carbocycles. The van der Waals surface area contributed by atoms with Gasteiger partial charge in [0.15, 0.2) is 0 Å². The van der Waals surface area contributed by atoms with E-state index in [0.717, 1.165) is 14.9 Å². The number of fused-ring (bicyclic) bond motifs is 1. The molecule has 0 fully saturated rings. The molecule has 4 heteroatoms. The molecule has 0 aliphatic carbocycles. The zero-order valence-electron chi connectivity index (χ0n) is 6.23. The minimum absolute atomic E-state index is 0.0181. The fraction of sp³-hybridized carbons (Fsp3) is 0.125. The van der Waals surface area contributed by atoms with Gasteiger partial charge in [0.2, 0.25) is 5.91 Å². The highest BCUT2D eigenvalue weighted by Gasteiger charge is 2.12. The third-order valence-electron chi connectivity index (χ3n) is 1.70. The van der Waals surface area contributed by atoms with E-state index in [2.05, 4.69) is 33.2 Å². The van der Waals surface area contributed by atoms with E-state index in [-0.39, 0.29) is 5.91 Å². The van der Waals surface area contributed by atoms with Crippen molar-refractivity contribution in [3.8, 4) is 0 Å². The van der Waals surface area contributed by atoms with Crippen LogP contribution in [-0.4, -0.2) is 12.5 Å². The minimum Gasteiger partial charge on any atom is -0.374 e. The average Bonchev–Trinajstić information content (AvgIpc) is 2.03. The van der Waals surface area contributed by atoms with Gasteiger partial charge in [-0.25, -0.2) is 0 Å². The zero-order valence-corrected chi connectivity index (χ0v) is 8.38. The van der Waals surface area contributed by atoms with Crippen LogP contribution in [0.3, 0.4) is 0 Å². The highest BCUT2D eigenvalue weighted by Crippen LogP contribution is 2.25. The quantitative estimate of drug-likeness (QED) is 0.706. The first kappa shape index (κ1) is 7.85. The second-order valence-corrected chi connectivity index (χ2v) is 3.84. The van der Waals surface area contributed by atoms with E-state index in [0.29, 0.717) is 6.54 Å². The largest absolute Gasteiger partial charge is 0.374 e. The van der Waals surface area contributed by atoms with Gasteiger partial charge in [0.05, 0.1) is 17.9 Å². The van der Waals surface area contributed by atoms with Gasteiger partial charge in [-0.3, -0.25) is 4.79 Å². The lowest BCUT2D eigenvalue weighted by molar-refractivity contribution is -0.114. The smallest absolute Gasteiger partial charge is 0.243 e. The third kappa shape index (κ3) is 1.38. The Kier molecular flexibility index (Phi) is 1.92. The van der Waals surface area contributed by atoms with Crippen LogP contribution in [0.2, 0.25) is 0 Å². The number of hydrogen-bond acceptors (Lipinski definition) is 2. The number of benzene rings is 1. The van der Waals surface area contributed by atoms with Crippen molar-refractivity contribution < 1.29 is 4.79 Å².